The summed E-state index contributed by atoms with van der Waals surface area (Å²) < 4.78 is 7.61. The van der Waals surface area contributed by atoms with Crippen molar-refractivity contribution in [3.63, 3.8) is 0 Å². The lowest BCUT2D eigenvalue weighted by Gasteiger charge is -2.13. The Morgan fingerprint density at radius 1 is 1.18 bits per heavy atom. The lowest BCUT2D eigenvalue weighted by atomic mass is 10.1. The van der Waals surface area contributed by atoms with E-state index in [0.29, 0.717) is 9.79 Å². The second kappa shape index (κ2) is 6.25. The average molecular weight is 332 g/mol. The van der Waals surface area contributed by atoms with E-state index in [-0.39, 0.29) is 0 Å². The average Bonchev–Trinajstić information content (AvgIpc) is 2.91. The number of aromatic amines is 1. The predicted octanol–water partition coefficient (Wildman–Crippen LogP) is 4.75. The highest BCUT2D eigenvalue weighted by molar-refractivity contribution is 7.71. The normalized spacial score (nSPS) is 10.5. The van der Waals surface area contributed by atoms with E-state index >= 15 is 0 Å². The third-order valence-electron chi connectivity index (χ3n) is 3.25. The zero-order valence-corrected chi connectivity index (χ0v) is 13.4. The summed E-state index contributed by atoms with van der Waals surface area (Å²) >= 11 is 11.5. The lowest BCUT2D eigenvalue weighted by molar-refractivity contribution is 0.415. The van der Waals surface area contributed by atoms with E-state index in [9.17, 15) is 0 Å². The minimum atomic E-state index is 0.553. The molecule has 0 bridgehead atoms. The molecule has 0 aliphatic carbocycles. The van der Waals surface area contributed by atoms with Gasteiger partial charge in [0.2, 0.25) is 0 Å². The first kappa shape index (κ1) is 14.7. The fourth-order valence-corrected chi connectivity index (χ4v) is 2.53. The number of H-pyrrole nitrogens is 1. The van der Waals surface area contributed by atoms with Crippen molar-refractivity contribution in [2.24, 2.45) is 0 Å². The van der Waals surface area contributed by atoms with Crippen LogP contribution in [0.1, 0.15) is 0 Å². The van der Waals surface area contributed by atoms with Gasteiger partial charge in [-0.15, -0.1) is 0 Å². The fraction of sp³-hybridized carbons (Fsp3) is 0.0625. The van der Waals surface area contributed by atoms with Crippen molar-refractivity contribution in [2.45, 2.75) is 0 Å². The molecule has 0 aliphatic rings. The number of nitrogens with zero attached hydrogens (tertiary/aromatic N) is 1. The maximum atomic E-state index is 6.20. The van der Waals surface area contributed by atoms with Crippen LogP contribution in [0.2, 0.25) is 5.02 Å². The summed E-state index contributed by atoms with van der Waals surface area (Å²) in [6.07, 6.45) is 1.85. The molecule has 0 spiro atoms. The van der Waals surface area contributed by atoms with Gasteiger partial charge < -0.3 is 9.72 Å². The summed E-state index contributed by atoms with van der Waals surface area (Å²) in [6.45, 7) is 0. The van der Waals surface area contributed by atoms with E-state index in [2.05, 4.69) is 10.4 Å². The summed E-state index contributed by atoms with van der Waals surface area (Å²) in [7, 11) is 1.64. The molecular formula is C16H14ClN3OS. The Bertz CT molecular complexity index is 856. The Morgan fingerprint density at radius 2 is 2.00 bits per heavy atom. The molecule has 2 aromatic carbocycles. The van der Waals surface area contributed by atoms with Gasteiger partial charge in [0.05, 0.1) is 23.5 Å². The molecule has 0 radical (unpaired) electrons. The predicted molar refractivity (Wildman–Crippen MR) is 92.1 cm³/mol. The van der Waals surface area contributed by atoms with Crippen molar-refractivity contribution in [3.05, 3.63) is 64.5 Å². The maximum Gasteiger partial charge on any atom is 0.196 e. The molecule has 1 heterocycles. The highest BCUT2D eigenvalue weighted by atomic mass is 35.5. The third kappa shape index (κ3) is 2.86. The Hall–Kier alpha value is -2.24. The number of ether oxygens (including phenoxy) is 1. The summed E-state index contributed by atoms with van der Waals surface area (Å²) in [4.78, 5) is 3.04. The van der Waals surface area contributed by atoms with Crippen molar-refractivity contribution < 1.29 is 4.74 Å². The topological polar surface area (TPSA) is 42.0 Å². The van der Waals surface area contributed by atoms with Crippen LogP contribution in [0.4, 0.5) is 5.69 Å². The first-order valence-corrected chi connectivity index (χ1v) is 7.44. The van der Waals surface area contributed by atoms with E-state index in [4.69, 9.17) is 28.6 Å². The summed E-state index contributed by atoms with van der Waals surface area (Å²) in [6, 6.07) is 15.3. The quantitative estimate of drug-likeness (QED) is 0.678. The second-order valence-corrected chi connectivity index (χ2v) is 5.43. The fourth-order valence-electron chi connectivity index (χ4n) is 2.15. The van der Waals surface area contributed by atoms with Crippen LogP contribution in [0, 0.1) is 4.77 Å². The van der Waals surface area contributed by atoms with E-state index in [0.717, 1.165) is 22.7 Å². The lowest BCUT2D eigenvalue weighted by Crippen LogP contribution is -2.11. The van der Waals surface area contributed by atoms with Crippen molar-refractivity contribution in [1.82, 2.24) is 9.66 Å². The molecule has 6 heteroatoms. The molecule has 0 saturated carbocycles. The van der Waals surface area contributed by atoms with E-state index in [1.165, 1.54) is 0 Å². The molecule has 0 saturated heterocycles. The van der Waals surface area contributed by atoms with Crippen LogP contribution in [0.5, 0.6) is 5.75 Å². The molecule has 1 aromatic heterocycles. The number of aromatic nitrogens is 2. The number of benzene rings is 2. The Labute approximate surface area is 138 Å². The van der Waals surface area contributed by atoms with Crippen LogP contribution in [0.25, 0.3) is 11.3 Å². The van der Waals surface area contributed by atoms with Gasteiger partial charge in [0.25, 0.3) is 0 Å². The Balaban J connectivity index is 2.04. The van der Waals surface area contributed by atoms with Gasteiger partial charge in [-0.3, -0.25) is 5.43 Å². The standard InChI is InChI=1S/C16H14ClN3OS/c1-21-12-6-4-5-11(9-12)15-10-18-16(22)20(15)19-14-8-3-2-7-13(14)17/h2-10,19H,1H3,(H,18,22). The van der Waals surface area contributed by atoms with Gasteiger partial charge in [0.15, 0.2) is 4.77 Å². The monoisotopic (exact) mass is 331 g/mol. The highest BCUT2D eigenvalue weighted by Gasteiger charge is 2.09. The molecule has 3 rings (SSSR count). The van der Waals surface area contributed by atoms with Gasteiger partial charge in [0.1, 0.15) is 5.75 Å². The molecule has 4 nitrogen and oxygen atoms in total. The summed E-state index contributed by atoms with van der Waals surface area (Å²) in [5, 5.41) is 0.627. The van der Waals surface area contributed by atoms with Gasteiger partial charge in [-0.05, 0) is 36.5 Å². The molecule has 0 atom stereocenters. The number of imidazole rings is 1. The number of nitrogens with one attached hydrogen (secondary N) is 2. The molecule has 0 amide bonds. The zero-order valence-electron chi connectivity index (χ0n) is 11.8. The van der Waals surface area contributed by atoms with E-state index in [1.54, 1.807) is 11.8 Å². The molecule has 0 unspecified atom stereocenters. The molecule has 0 fully saturated rings. The Kier molecular flexibility index (Phi) is 4.18. The smallest absolute Gasteiger partial charge is 0.196 e. The minimum Gasteiger partial charge on any atom is -0.497 e. The number of hydrogen-bond donors (Lipinski definition) is 2. The second-order valence-electron chi connectivity index (χ2n) is 4.64. The third-order valence-corrected chi connectivity index (χ3v) is 3.88. The van der Waals surface area contributed by atoms with Crippen LogP contribution in [0.15, 0.2) is 54.7 Å². The molecule has 22 heavy (non-hydrogen) atoms. The summed E-state index contributed by atoms with van der Waals surface area (Å²) in [5.41, 5.74) is 5.89. The van der Waals surface area contributed by atoms with Crippen LogP contribution in [0.3, 0.4) is 0 Å². The van der Waals surface area contributed by atoms with Gasteiger partial charge in [-0.25, -0.2) is 4.68 Å². The number of methoxy groups -OCH3 is 1. The van der Waals surface area contributed by atoms with Crippen molar-refractivity contribution >= 4 is 29.5 Å². The number of para-hydroxylation sites is 1. The maximum absolute atomic E-state index is 6.20. The minimum absolute atomic E-state index is 0.553. The van der Waals surface area contributed by atoms with E-state index < -0.39 is 0 Å². The molecule has 2 N–H and O–H groups in total. The highest BCUT2D eigenvalue weighted by Crippen LogP contribution is 2.26. The first-order chi connectivity index (χ1) is 10.7. The van der Waals surface area contributed by atoms with Crippen LogP contribution >= 0.6 is 23.8 Å². The van der Waals surface area contributed by atoms with Gasteiger partial charge in [-0.1, -0.05) is 35.9 Å². The number of anilines is 1. The summed E-state index contributed by atoms with van der Waals surface area (Å²) in [5.74, 6) is 0.786. The van der Waals surface area contributed by atoms with Gasteiger partial charge in [-0.2, -0.15) is 0 Å². The molecule has 3 aromatic rings. The van der Waals surface area contributed by atoms with Crippen molar-refractivity contribution in [3.8, 4) is 17.0 Å². The number of rotatable bonds is 4. The molecule has 112 valence electrons. The Morgan fingerprint density at radius 3 is 2.77 bits per heavy atom. The van der Waals surface area contributed by atoms with Gasteiger partial charge >= 0.3 is 0 Å². The SMILES string of the molecule is COc1cccc(-c2c[nH]c(=S)n2Nc2ccccc2Cl)c1. The first-order valence-electron chi connectivity index (χ1n) is 6.65. The van der Waals surface area contributed by atoms with Crippen molar-refractivity contribution in [2.75, 3.05) is 12.5 Å². The van der Waals surface area contributed by atoms with Crippen LogP contribution in [-0.2, 0) is 0 Å². The van der Waals surface area contributed by atoms with Crippen LogP contribution in [-0.4, -0.2) is 16.8 Å². The van der Waals surface area contributed by atoms with Crippen molar-refractivity contribution in [1.29, 1.82) is 0 Å². The number of hydrogen-bond acceptors (Lipinski definition) is 3. The van der Waals surface area contributed by atoms with E-state index in [1.807, 2.05) is 54.7 Å². The largest absolute Gasteiger partial charge is 0.497 e. The molecule has 0 aliphatic heterocycles. The zero-order chi connectivity index (χ0) is 15.5. The van der Waals surface area contributed by atoms with Crippen LogP contribution < -0.4 is 10.2 Å². The number of halogens is 1. The molecular weight excluding hydrogens is 318 g/mol. The van der Waals surface area contributed by atoms with Gasteiger partial charge in [0, 0.05) is 11.8 Å².